The molecule has 0 saturated carbocycles. The summed E-state index contributed by atoms with van der Waals surface area (Å²) in [4.78, 5) is 4.18. The Morgan fingerprint density at radius 2 is 2.29 bits per heavy atom. The van der Waals surface area contributed by atoms with E-state index in [-0.39, 0.29) is 0 Å². The maximum absolute atomic E-state index is 5.54. The van der Waals surface area contributed by atoms with Crippen molar-refractivity contribution in [1.82, 2.24) is 14.8 Å². The van der Waals surface area contributed by atoms with Crippen molar-refractivity contribution in [3.8, 4) is 0 Å². The van der Waals surface area contributed by atoms with Gasteiger partial charge in [0, 0.05) is 6.42 Å². The lowest BCUT2D eigenvalue weighted by atomic mass is 10.2. The van der Waals surface area contributed by atoms with Gasteiger partial charge in [-0.05, 0) is 6.42 Å². The van der Waals surface area contributed by atoms with Gasteiger partial charge < -0.3 is 5.73 Å². The van der Waals surface area contributed by atoms with Crippen molar-refractivity contribution >= 4 is 5.95 Å². The fourth-order valence-electron chi connectivity index (χ4n) is 1.38. The van der Waals surface area contributed by atoms with Crippen molar-refractivity contribution in [2.45, 2.75) is 39.2 Å². The van der Waals surface area contributed by atoms with E-state index in [1.165, 1.54) is 12.8 Å². The molecule has 0 fully saturated rings. The molecule has 1 aromatic heterocycles. The van der Waals surface area contributed by atoms with Gasteiger partial charge in [0.2, 0.25) is 5.95 Å². The Hall–Kier alpha value is -1.32. The Labute approximate surface area is 84.8 Å². The van der Waals surface area contributed by atoms with Crippen LogP contribution in [0.4, 0.5) is 5.95 Å². The monoisotopic (exact) mass is 194 g/mol. The van der Waals surface area contributed by atoms with Gasteiger partial charge in [0.05, 0.1) is 6.54 Å². The van der Waals surface area contributed by atoms with Crippen LogP contribution in [-0.4, -0.2) is 14.8 Å². The van der Waals surface area contributed by atoms with Crippen LogP contribution in [0.15, 0.2) is 12.7 Å². The van der Waals surface area contributed by atoms with Gasteiger partial charge in [-0.2, -0.15) is 4.98 Å². The molecule has 1 aromatic rings. The first-order valence-corrected chi connectivity index (χ1v) is 5.08. The number of anilines is 1. The zero-order valence-electron chi connectivity index (χ0n) is 8.74. The maximum Gasteiger partial charge on any atom is 0.239 e. The lowest BCUT2D eigenvalue weighted by Crippen LogP contribution is -2.04. The molecule has 0 aliphatic rings. The fourth-order valence-corrected chi connectivity index (χ4v) is 1.38. The summed E-state index contributed by atoms with van der Waals surface area (Å²) in [7, 11) is 0. The lowest BCUT2D eigenvalue weighted by Gasteiger charge is -2.01. The van der Waals surface area contributed by atoms with Crippen LogP contribution in [0.3, 0.4) is 0 Å². The molecule has 0 radical (unpaired) electrons. The van der Waals surface area contributed by atoms with Crippen LogP contribution in [0, 0.1) is 0 Å². The first-order valence-electron chi connectivity index (χ1n) is 5.08. The number of unbranched alkanes of at least 4 members (excludes halogenated alkanes) is 2. The standard InChI is InChI=1S/C10H18N4/c1-3-5-6-7-9-12-10(11)13-14(9)8-4-2/h4H,2-3,5-8H2,1H3,(H2,11,13). The van der Waals surface area contributed by atoms with Gasteiger partial charge in [0.25, 0.3) is 0 Å². The molecule has 0 atom stereocenters. The second-order valence-electron chi connectivity index (χ2n) is 3.31. The van der Waals surface area contributed by atoms with Crippen molar-refractivity contribution in [1.29, 1.82) is 0 Å². The Bertz CT molecular complexity index is 290. The lowest BCUT2D eigenvalue weighted by molar-refractivity contribution is 0.615. The van der Waals surface area contributed by atoms with E-state index >= 15 is 0 Å². The summed E-state index contributed by atoms with van der Waals surface area (Å²) < 4.78 is 1.82. The van der Waals surface area contributed by atoms with E-state index in [2.05, 4.69) is 23.6 Å². The van der Waals surface area contributed by atoms with Gasteiger partial charge in [-0.3, -0.25) is 0 Å². The van der Waals surface area contributed by atoms with Crippen molar-refractivity contribution in [3.05, 3.63) is 18.5 Å². The molecule has 1 heterocycles. The topological polar surface area (TPSA) is 56.7 Å². The van der Waals surface area contributed by atoms with E-state index in [9.17, 15) is 0 Å². The fraction of sp³-hybridized carbons (Fsp3) is 0.600. The minimum absolute atomic E-state index is 0.360. The predicted octanol–water partition coefficient (Wildman–Crippen LogP) is 1.78. The molecule has 4 nitrogen and oxygen atoms in total. The van der Waals surface area contributed by atoms with Crippen molar-refractivity contribution in [2.24, 2.45) is 0 Å². The minimum atomic E-state index is 0.360. The number of hydrogen-bond acceptors (Lipinski definition) is 3. The summed E-state index contributed by atoms with van der Waals surface area (Å²) in [5.41, 5.74) is 5.54. The summed E-state index contributed by atoms with van der Waals surface area (Å²) in [6, 6.07) is 0. The number of nitrogens with zero attached hydrogens (tertiary/aromatic N) is 3. The van der Waals surface area contributed by atoms with Gasteiger partial charge in [0.1, 0.15) is 5.82 Å². The molecule has 0 amide bonds. The van der Waals surface area contributed by atoms with Gasteiger partial charge in [-0.25, -0.2) is 4.68 Å². The highest BCUT2D eigenvalue weighted by molar-refractivity contribution is 5.14. The second-order valence-corrected chi connectivity index (χ2v) is 3.31. The molecule has 4 heteroatoms. The third-order valence-electron chi connectivity index (χ3n) is 2.07. The molecule has 0 spiro atoms. The highest BCUT2D eigenvalue weighted by Crippen LogP contribution is 2.06. The second kappa shape index (κ2) is 5.42. The average Bonchev–Trinajstić information content (AvgIpc) is 2.48. The molecule has 14 heavy (non-hydrogen) atoms. The normalized spacial score (nSPS) is 10.4. The molecule has 2 N–H and O–H groups in total. The quantitative estimate of drug-likeness (QED) is 0.554. The summed E-state index contributed by atoms with van der Waals surface area (Å²) in [6.45, 7) is 6.54. The number of nitrogen functional groups attached to an aromatic ring is 1. The van der Waals surface area contributed by atoms with Crippen molar-refractivity contribution < 1.29 is 0 Å². The van der Waals surface area contributed by atoms with Gasteiger partial charge >= 0.3 is 0 Å². The SMILES string of the molecule is C=CCn1nc(N)nc1CCCCC. The van der Waals surface area contributed by atoms with E-state index < -0.39 is 0 Å². The number of aryl methyl sites for hydroxylation is 1. The van der Waals surface area contributed by atoms with Crippen molar-refractivity contribution in [2.75, 3.05) is 5.73 Å². The molecule has 0 bridgehead atoms. The molecule has 0 unspecified atom stereocenters. The molecule has 0 saturated heterocycles. The van der Waals surface area contributed by atoms with Crippen LogP contribution >= 0.6 is 0 Å². The summed E-state index contributed by atoms with van der Waals surface area (Å²) >= 11 is 0. The molecular weight excluding hydrogens is 176 g/mol. The smallest absolute Gasteiger partial charge is 0.239 e. The zero-order valence-corrected chi connectivity index (χ0v) is 8.74. The Kier molecular flexibility index (Phi) is 4.16. The third-order valence-corrected chi connectivity index (χ3v) is 2.07. The van der Waals surface area contributed by atoms with Gasteiger partial charge in [0.15, 0.2) is 0 Å². The summed E-state index contributed by atoms with van der Waals surface area (Å²) in [6.07, 6.45) is 6.33. The van der Waals surface area contributed by atoms with Crippen LogP contribution in [0.2, 0.25) is 0 Å². The van der Waals surface area contributed by atoms with E-state index in [0.29, 0.717) is 12.5 Å². The molecule has 78 valence electrons. The number of aromatic nitrogens is 3. The number of nitrogens with two attached hydrogens (primary N) is 1. The Morgan fingerprint density at radius 1 is 1.50 bits per heavy atom. The molecular formula is C10H18N4. The molecule has 0 aliphatic heterocycles. The molecule has 0 aliphatic carbocycles. The average molecular weight is 194 g/mol. The predicted molar refractivity (Wildman–Crippen MR) is 57.9 cm³/mol. The molecule has 1 rings (SSSR count). The van der Waals surface area contributed by atoms with E-state index in [1.54, 1.807) is 6.08 Å². The molecule has 0 aromatic carbocycles. The number of allylic oxidation sites excluding steroid dienone is 1. The van der Waals surface area contributed by atoms with E-state index in [0.717, 1.165) is 18.7 Å². The third kappa shape index (κ3) is 2.87. The van der Waals surface area contributed by atoms with Crippen LogP contribution in [0.1, 0.15) is 32.0 Å². The highest BCUT2D eigenvalue weighted by atomic mass is 15.4. The first-order chi connectivity index (χ1) is 6.77. The number of rotatable bonds is 6. The minimum Gasteiger partial charge on any atom is -0.366 e. The van der Waals surface area contributed by atoms with Crippen LogP contribution < -0.4 is 5.73 Å². The van der Waals surface area contributed by atoms with Crippen LogP contribution in [0.25, 0.3) is 0 Å². The highest BCUT2D eigenvalue weighted by Gasteiger charge is 2.05. The van der Waals surface area contributed by atoms with Crippen LogP contribution in [0.5, 0.6) is 0 Å². The van der Waals surface area contributed by atoms with Crippen molar-refractivity contribution in [3.63, 3.8) is 0 Å². The Balaban J connectivity index is 2.59. The van der Waals surface area contributed by atoms with E-state index in [1.807, 2.05) is 4.68 Å². The summed E-state index contributed by atoms with van der Waals surface area (Å²) in [5.74, 6) is 1.33. The zero-order chi connectivity index (χ0) is 10.4. The van der Waals surface area contributed by atoms with Gasteiger partial charge in [-0.15, -0.1) is 11.7 Å². The summed E-state index contributed by atoms with van der Waals surface area (Å²) in [5, 5.41) is 4.09. The number of hydrogen-bond donors (Lipinski definition) is 1. The van der Waals surface area contributed by atoms with Gasteiger partial charge in [-0.1, -0.05) is 25.8 Å². The Morgan fingerprint density at radius 3 is 2.93 bits per heavy atom. The van der Waals surface area contributed by atoms with Crippen LogP contribution in [-0.2, 0) is 13.0 Å². The van der Waals surface area contributed by atoms with E-state index in [4.69, 9.17) is 5.73 Å². The first kappa shape index (κ1) is 10.8. The maximum atomic E-state index is 5.54. The largest absolute Gasteiger partial charge is 0.366 e.